The van der Waals surface area contributed by atoms with Gasteiger partial charge in [0.1, 0.15) is 11.9 Å². The van der Waals surface area contributed by atoms with Gasteiger partial charge in [0.15, 0.2) is 0 Å². The first kappa shape index (κ1) is 17.9. The first-order valence-corrected chi connectivity index (χ1v) is 7.54. The van der Waals surface area contributed by atoms with Crippen molar-refractivity contribution in [3.8, 4) is 0 Å². The maximum atomic E-state index is 13.1. The molecule has 0 spiro atoms. The SMILES string of the molecule is CCOC(CC)C(=O)NCC(C)(C)c1ccc(F)cc1Cl. The molecule has 1 N–H and O–H groups in total. The number of hydrogen-bond donors (Lipinski definition) is 1. The molecule has 0 bridgehead atoms. The van der Waals surface area contributed by atoms with Gasteiger partial charge in [-0.3, -0.25) is 4.79 Å². The van der Waals surface area contributed by atoms with E-state index < -0.39 is 11.5 Å². The second kappa shape index (κ2) is 7.76. The van der Waals surface area contributed by atoms with E-state index in [1.165, 1.54) is 12.1 Å². The molecule has 0 aliphatic heterocycles. The Labute approximate surface area is 130 Å². The second-order valence-corrected chi connectivity index (χ2v) is 5.99. The van der Waals surface area contributed by atoms with Crippen molar-refractivity contribution < 1.29 is 13.9 Å². The third-order valence-electron chi connectivity index (χ3n) is 3.40. The average Bonchev–Trinajstić information content (AvgIpc) is 2.41. The molecule has 0 saturated heterocycles. The highest BCUT2D eigenvalue weighted by Crippen LogP contribution is 2.29. The predicted octanol–water partition coefficient (Wildman–Crippen LogP) is 3.69. The van der Waals surface area contributed by atoms with Crippen LogP contribution < -0.4 is 5.32 Å². The third-order valence-corrected chi connectivity index (χ3v) is 3.71. The molecule has 1 aromatic carbocycles. The number of carbonyl (C=O) groups excluding carboxylic acids is 1. The van der Waals surface area contributed by atoms with Crippen molar-refractivity contribution in [3.05, 3.63) is 34.6 Å². The molecule has 1 aromatic rings. The van der Waals surface area contributed by atoms with Crippen molar-refractivity contribution in [1.82, 2.24) is 5.32 Å². The number of hydrogen-bond acceptors (Lipinski definition) is 2. The van der Waals surface area contributed by atoms with Crippen molar-refractivity contribution in [2.45, 2.75) is 45.6 Å². The number of halogens is 2. The number of benzene rings is 1. The van der Waals surface area contributed by atoms with Crippen molar-refractivity contribution in [2.75, 3.05) is 13.2 Å². The Morgan fingerprint density at radius 1 is 1.43 bits per heavy atom. The fourth-order valence-corrected chi connectivity index (χ4v) is 2.56. The van der Waals surface area contributed by atoms with E-state index in [1.807, 2.05) is 27.7 Å². The molecule has 0 aromatic heterocycles. The van der Waals surface area contributed by atoms with Crippen LogP contribution in [0.5, 0.6) is 0 Å². The molecule has 1 unspecified atom stereocenters. The van der Waals surface area contributed by atoms with Gasteiger partial charge in [0.05, 0.1) is 0 Å². The Hall–Kier alpha value is -1.13. The van der Waals surface area contributed by atoms with Crippen LogP contribution in [0.25, 0.3) is 0 Å². The standard InChI is InChI=1S/C16H23ClFNO2/c1-5-14(21-6-2)15(20)19-10-16(3,4)12-8-7-11(18)9-13(12)17/h7-9,14H,5-6,10H2,1-4H3,(H,19,20). The number of rotatable bonds is 7. The minimum Gasteiger partial charge on any atom is -0.369 e. The van der Waals surface area contributed by atoms with Crippen LogP contribution in [-0.4, -0.2) is 25.2 Å². The zero-order chi connectivity index (χ0) is 16.0. The van der Waals surface area contributed by atoms with Crippen LogP contribution in [0.1, 0.15) is 39.7 Å². The van der Waals surface area contributed by atoms with Gasteiger partial charge in [-0.25, -0.2) is 4.39 Å². The molecule has 0 saturated carbocycles. The number of carbonyl (C=O) groups is 1. The zero-order valence-corrected chi connectivity index (χ0v) is 13.8. The average molecular weight is 316 g/mol. The Morgan fingerprint density at radius 2 is 2.10 bits per heavy atom. The van der Waals surface area contributed by atoms with Crippen LogP contribution in [-0.2, 0) is 14.9 Å². The molecule has 5 heteroatoms. The summed E-state index contributed by atoms with van der Waals surface area (Å²) in [6.07, 6.45) is 0.187. The summed E-state index contributed by atoms with van der Waals surface area (Å²) in [5, 5.41) is 3.25. The topological polar surface area (TPSA) is 38.3 Å². The largest absolute Gasteiger partial charge is 0.369 e. The van der Waals surface area contributed by atoms with Crippen LogP contribution in [0.2, 0.25) is 5.02 Å². The van der Waals surface area contributed by atoms with Crippen molar-refractivity contribution >= 4 is 17.5 Å². The maximum Gasteiger partial charge on any atom is 0.249 e. The molecule has 0 aliphatic carbocycles. The van der Waals surface area contributed by atoms with E-state index in [9.17, 15) is 9.18 Å². The summed E-state index contributed by atoms with van der Waals surface area (Å²) in [4.78, 5) is 12.1. The van der Waals surface area contributed by atoms with E-state index in [2.05, 4.69) is 5.32 Å². The number of nitrogens with one attached hydrogen (secondary N) is 1. The van der Waals surface area contributed by atoms with Crippen LogP contribution in [0.3, 0.4) is 0 Å². The second-order valence-electron chi connectivity index (χ2n) is 5.58. The van der Waals surface area contributed by atoms with Gasteiger partial charge in [0, 0.05) is 23.6 Å². The molecule has 0 heterocycles. The first-order valence-electron chi connectivity index (χ1n) is 7.16. The Kier molecular flexibility index (Phi) is 6.62. The van der Waals surface area contributed by atoms with Gasteiger partial charge in [-0.2, -0.15) is 0 Å². The molecule has 0 aliphatic rings. The molecular weight excluding hydrogens is 293 g/mol. The molecule has 1 rings (SSSR count). The third kappa shape index (κ3) is 4.97. The highest BCUT2D eigenvalue weighted by atomic mass is 35.5. The van der Waals surface area contributed by atoms with Crippen molar-refractivity contribution in [2.24, 2.45) is 0 Å². The smallest absolute Gasteiger partial charge is 0.249 e. The van der Waals surface area contributed by atoms with Crippen LogP contribution in [0, 0.1) is 5.82 Å². The van der Waals surface area contributed by atoms with Gasteiger partial charge in [-0.15, -0.1) is 0 Å². The summed E-state index contributed by atoms with van der Waals surface area (Å²) in [5.41, 5.74) is 0.403. The highest BCUT2D eigenvalue weighted by molar-refractivity contribution is 6.31. The van der Waals surface area contributed by atoms with E-state index >= 15 is 0 Å². The van der Waals surface area contributed by atoms with Gasteiger partial charge in [-0.05, 0) is 31.0 Å². The summed E-state index contributed by atoms with van der Waals surface area (Å²) in [6, 6.07) is 4.32. The number of ether oxygens (including phenoxy) is 1. The van der Waals surface area contributed by atoms with Gasteiger partial charge >= 0.3 is 0 Å². The van der Waals surface area contributed by atoms with Crippen LogP contribution in [0.15, 0.2) is 18.2 Å². The minimum atomic E-state index is -0.436. The Bertz CT molecular complexity index is 491. The van der Waals surface area contributed by atoms with E-state index in [4.69, 9.17) is 16.3 Å². The van der Waals surface area contributed by atoms with E-state index in [1.54, 1.807) is 6.07 Å². The van der Waals surface area contributed by atoms with Gasteiger partial charge < -0.3 is 10.1 Å². The summed E-state index contributed by atoms with van der Waals surface area (Å²) < 4.78 is 18.5. The van der Waals surface area contributed by atoms with Crippen LogP contribution >= 0.6 is 11.6 Å². The molecule has 118 valence electrons. The zero-order valence-electron chi connectivity index (χ0n) is 13.0. The summed E-state index contributed by atoms with van der Waals surface area (Å²) in [6.45, 7) is 8.57. The lowest BCUT2D eigenvalue weighted by molar-refractivity contribution is -0.132. The summed E-state index contributed by atoms with van der Waals surface area (Å²) in [5.74, 6) is -0.503. The van der Waals surface area contributed by atoms with Gasteiger partial charge in [0.25, 0.3) is 0 Å². The first-order chi connectivity index (χ1) is 9.81. The molecule has 1 atom stereocenters. The lowest BCUT2D eigenvalue weighted by Crippen LogP contribution is -2.42. The maximum absolute atomic E-state index is 13.1. The molecule has 1 amide bonds. The van der Waals surface area contributed by atoms with Crippen molar-refractivity contribution in [3.63, 3.8) is 0 Å². The lowest BCUT2D eigenvalue weighted by Gasteiger charge is -2.27. The van der Waals surface area contributed by atoms with Gasteiger partial charge in [0.2, 0.25) is 5.91 Å². The molecule has 21 heavy (non-hydrogen) atoms. The lowest BCUT2D eigenvalue weighted by atomic mass is 9.84. The minimum absolute atomic E-state index is 0.134. The fraction of sp³-hybridized carbons (Fsp3) is 0.562. The quantitative estimate of drug-likeness (QED) is 0.833. The molecular formula is C16H23ClFNO2. The van der Waals surface area contributed by atoms with E-state index in [0.29, 0.717) is 24.6 Å². The normalized spacial score (nSPS) is 13.0. The molecule has 3 nitrogen and oxygen atoms in total. The molecule has 0 fully saturated rings. The Morgan fingerprint density at radius 3 is 2.62 bits per heavy atom. The predicted molar refractivity (Wildman–Crippen MR) is 83.2 cm³/mol. The van der Waals surface area contributed by atoms with E-state index in [0.717, 1.165) is 5.56 Å². The van der Waals surface area contributed by atoms with Crippen LogP contribution in [0.4, 0.5) is 4.39 Å². The van der Waals surface area contributed by atoms with Gasteiger partial charge in [-0.1, -0.05) is 38.4 Å². The summed E-state index contributed by atoms with van der Waals surface area (Å²) >= 11 is 6.09. The number of amides is 1. The van der Waals surface area contributed by atoms with E-state index in [-0.39, 0.29) is 11.7 Å². The Balaban J connectivity index is 2.74. The monoisotopic (exact) mass is 315 g/mol. The fourth-order valence-electron chi connectivity index (χ4n) is 2.14. The summed E-state index contributed by atoms with van der Waals surface area (Å²) in [7, 11) is 0. The molecule has 0 radical (unpaired) electrons. The van der Waals surface area contributed by atoms with Crippen molar-refractivity contribution in [1.29, 1.82) is 0 Å². The highest BCUT2D eigenvalue weighted by Gasteiger charge is 2.26.